The Morgan fingerprint density at radius 2 is 2.26 bits per heavy atom. The third-order valence-electron chi connectivity index (χ3n) is 3.09. The minimum atomic E-state index is 0.244. The topological polar surface area (TPSA) is 56.7 Å². The van der Waals surface area contributed by atoms with Gasteiger partial charge in [0.2, 0.25) is 5.91 Å². The fraction of sp³-hybridized carbons (Fsp3) is 0.846. The van der Waals surface area contributed by atoms with E-state index in [9.17, 15) is 4.79 Å². The van der Waals surface area contributed by atoms with Gasteiger partial charge in [-0.15, -0.1) is 0 Å². The van der Waals surface area contributed by atoms with Gasteiger partial charge in [-0.1, -0.05) is 6.92 Å². The summed E-state index contributed by atoms with van der Waals surface area (Å²) in [5, 5.41) is 6.67. The number of likely N-dealkylation sites (tertiary alicyclic amines) is 1. The molecule has 2 N–H and O–H groups in total. The van der Waals surface area contributed by atoms with Gasteiger partial charge in [-0.2, -0.15) is 11.8 Å². The quantitative estimate of drug-likeness (QED) is 0.433. The highest BCUT2D eigenvalue weighted by Gasteiger charge is 2.25. The van der Waals surface area contributed by atoms with Crippen LogP contribution in [-0.4, -0.2) is 61.0 Å². The first-order valence-corrected chi connectivity index (χ1v) is 8.42. The molecule has 0 aromatic heterocycles. The molecule has 1 fully saturated rings. The van der Waals surface area contributed by atoms with Crippen LogP contribution in [0, 0.1) is 0 Å². The standard InChI is InChI=1S/C13H26N4OS/c1-4-12(18)17-8-6-11(10-17)16-13(14-5-2)15-7-9-19-3/h11H,4-10H2,1-3H3,(H2,14,15,16). The van der Waals surface area contributed by atoms with Crippen LogP contribution < -0.4 is 10.6 Å². The van der Waals surface area contributed by atoms with Gasteiger partial charge < -0.3 is 15.5 Å². The lowest BCUT2D eigenvalue weighted by molar-refractivity contribution is -0.129. The summed E-state index contributed by atoms with van der Waals surface area (Å²) in [6.07, 6.45) is 3.67. The first-order valence-electron chi connectivity index (χ1n) is 7.02. The third kappa shape index (κ3) is 5.72. The van der Waals surface area contributed by atoms with Crippen molar-refractivity contribution < 1.29 is 4.79 Å². The smallest absolute Gasteiger partial charge is 0.222 e. The van der Waals surface area contributed by atoms with Crippen molar-refractivity contribution in [2.24, 2.45) is 4.99 Å². The molecule has 1 aliphatic heterocycles. The lowest BCUT2D eigenvalue weighted by atomic mass is 10.3. The highest BCUT2D eigenvalue weighted by atomic mass is 32.2. The predicted octanol–water partition coefficient (Wildman–Crippen LogP) is 0.915. The van der Waals surface area contributed by atoms with Gasteiger partial charge in [-0.05, 0) is 19.6 Å². The molecular weight excluding hydrogens is 260 g/mol. The number of carbonyl (C=O) groups is 1. The molecule has 0 bridgehead atoms. The van der Waals surface area contributed by atoms with Gasteiger partial charge in [0.05, 0.1) is 6.54 Å². The first kappa shape index (κ1) is 16.1. The van der Waals surface area contributed by atoms with E-state index in [4.69, 9.17) is 0 Å². The Labute approximate surface area is 120 Å². The second kappa shape index (κ2) is 9.07. The molecule has 1 amide bonds. The summed E-state index contributed by atoms with van der Waals surface area (Å²) in [7, 11) is 0. The summed E-state index contributed by atoms with van der Waals surface area (Å²) in [6.45, 7) is 7.30. The number of carbonyl (C=O) groups excluding carboxylic acids is 1. The fourth-order valence-electron chi connectivity index (χ4n) is 2.09. The van der Waals surface area contributed by atoms with Crippen molar-refractivity contribution in [2.75, 3.05) is 38.2 Å². The third-order valence-corrected chi connectivity index (χ3v) is 3.68. The highest BCUT2D eigenvalue weighted by molar-refractivity contribution is 7.98. The molecule has 0 spiro atoms. The predicted molar refractivity (Wildman–Crippen MR) is 82.8 cm³/mol. The average Bonchev–Trinajstić information content (AvgIpc) is 2.87. The van der Waals surface area contributed by atoms with Crippen molar-refractivity contribution in [3.05, 3.63) is 0 Å². The second-order valence-corrected chi connectivity index (χ2v) is 5.56. The van der Waals surface area contributed by atoms with E-state index in [1.54, 1.807) is 11.8 Å². The monoisotopic (exact) mass is 286 g/mol. The number of nitrogens with one attached hydrogen (secondary N) is 2. The molecule has 0 radical (unpaired) electrons. The Morgan fingerprint density at radius 3 is 2.89 bits per heavy atom. The lowest BCUT2D eigenvalue weighted by Crippen LogP contribution is -2.45. The molecule has 0 aliphatic carbocycles. The Balaban J connectivity index is 2.42. The van der Waals surface area contributed by atoms with E-state index < -0.39 is 0 Å². The average molecular weight is 286 g/mol. The number of amides is 1. The van der Waals surface area contributed by atoms with Crippen molar-refractivity contribution in [3.63, 3.8) is 0 Å². The Kier molecular flexibility index (Phi) is 7.70. The molecule has 1 saturated heterocycles. The molecule has 1 atom stereocenters. The summed E-state index contributed by atoms with van der Waals surface area (Å²) >= 11 is 1.80. The Morgan fingerprint density at radius 1 is 1.47 bits per heavy atom. The number of hydrogen-bond acceptors (Lipinski definition) is 3. The van der Waals surface area contributed by atoms with E-state index in [-0.39, 0.29) is 5.91 Å². The molecular formula is C13H26N4OS. The number of rotatable bonds is 6. The van der Waals surface area contributed by atoms with Crippen molar-refractivity contribution in [1.82, 2.24) is 15.5 Å². The molecule has 0 saturated carbocycles. The van der Waals surface area contributed by atoms with Gasteiger partial charge in [0.15, 0.2) is 5.96 Å². The first-order chi connectivity index (χ1) is 9.21. The van der Waals surface area contributed by atoms with Gasteiger partial charge in [-0.25, -0.2) is 0 Å². The maximum atomic E-state index is 11.6. The molecule has 110 valence electrons. The van der Waals surface area contributed by atoms with Crippen LogP contribution in [0.3, 0.4) is 0 Å². The number of thioether (sulfide) groups is 1. The van der Waals surface area contributed by atoms with Crippen LogP contribution in [0.4, 0.5) is 0 Å². The van der Waals surface area contributed by atoms with Crippen molar-refractivity contribution >= 4 is 23.6 Å². The fourth-order valence-corrected chi connectivity index (χ4v) is 2.36. The number of guanidine groups is 1. The summed E-state index contributed by atoms with van der Waals surface area (Å²) in [6, 6.07) is 0.322. The maximum absolute atomic E-state index is 11.6. The van der Waals surface area contributed by atoms with Crippen LogP contribution >= 0.6 is 11.8 Å². The van der Waals surface area contributed by atoms with E-state index in [1.165, 1.54) is 0 Å². The zero-order chi connectivity index (χ0) is 14.1. The molecule has 1 unspecified atom stereocenters. The highest BCUT2D eigenvalue weighted by Crippen LogP contribution is 2.10. The molecule has 0 aromatic carbocycles. The number of aliphatic imine (C=N–C) groups is 1. The van der Waals surface area contributed by atoms with Gasteiger partial charge in [-0.3, -0.25) is 9.79 Å². The summed E-state index contributed by atoms with van der Waals surface area (Å²) in [5.74, 6) is 2.14. The van der Waals surface area contributed by atoms with Gasteiger partial charge in [0, 0.05) is 37.8 Å². The minimum Gasteiger partial charge on any atom is -0.357 e. The minimum absolute atomic E-state index is 0.244. The molecule has 19 heavy (non-hydrogen) atoms. The Bertz CT molecular complexity index is 309. The molecule has 1 heterocycles. The van der Waals surface area contributed by atoms with E-state index in [2.05, 4.69) is 28.8 Å². The lowest BCUT2D eigenvalue weighted by Gasteiger charge is -2.18. The zero-order valence-electron chi connectivity index (χ0n) is 12.2. The molecule has 1 rings (SSSR count). The Hall–Kier alpha value is -0.910. The second-order valence-electron chi connectivity index (χ2n) is 4.58. The van der Waals surface area contributed by atoms with Crippen LogP contribution in [0.25, 0.3) is 0 Å². The van der Waals surface area contributed by atoms with E-state index >= 15 is 0 Å². The maximum Gasteiger partial charge on any atom is 0.222 e. The van der Waals surface area contributed by atoms with Crippen LogP contribution in [0.2, 0.25) is 0 Å². The van der Waals surface area contributed by atoms with E-state index in [0.29, 0.717) is 12.5 Å². The molecule has 0 aromatic rings. The largest absolute Gasteiger partial charge is 0.357 e. The van der Waals surface area contributed by atoms with Crippen LogP contribution in [0.5, 0.6) is 0 Å². The van der Waals surface area contributed by atoms with Gasteiger partial charge in [0.1, 0.15) is 0 Å². The van der Waals surface area contributed by atoms with E-state index in [1.807, 2.05) is 11.8 Å². The van der Waals surface area contributed by atoms with E-state index in [0.717, 1.165) is 44.3 Å². The van der Waals surface area contributed by atoms with Crippen LogP contribution in [-0.2, 0) is 4.79 Å². The number of nitrogens with zero attached hydrogens (tertiary/aromatic N) is 2. The van der Waals surface area contributed by atoms with Crippen molar-refractivity contribution in [1.29, 1.82) is 0 Å². The molecule has 1 aliphatic rings. The number of hydrogen-bond donors (Lipinski definition) is 2. The van der Waals surface area contributed by atoms with Crippen LogP contribution in [0.1, 0.15) is 26.7 Å². The van der Waals surface area contributed by atoms with Crippen molar-refractivity contribution in [2.45, 2.75) is 32.7 Å². The SMILES string of the molecule is CCNC(=NCCSC)NC1CCN(C(=O)CC)C1. The van der Waals surface area contributed by atoms with Crippen LogP contribution in [0.15, 0.2) is 4.99 Å². The normalized spacial score (nSPS) is 19.6. The molecule has 6 heteroatoms. The van der Waals surface area contributed by atoms with Crippen molar-refractivity contribution in [3.8, 4) is 0 Å². The summed E-state index contributed by atoms with van der Waals surface area (Å²) in [5.41, 5.74) is 0. The van der Waals surface area contributed by atoms with Gasteiger partial charge in [0.25, 0.3) is 0 Å². The molecule has 5 nitrogen and oxygen atoms in total. The van der Waals surface area contributed by atoms with Gasteiger partial charge >= 0.3 is 0 Å². The summed E-state index contributed by atoms with van der Waals surface area (Å²) < 4.78 is 0. The zero-order valence-corrected chi connectivity index (χ0v) is 13.1. The summed E-state index contributed by atoms with van der Waals surface area (Å²) in [4.78, 5) is 18.1.